The number of ether oxygens (including phenoxy) is 3. The molecule has 0 amide bonds. The van der Waals surface area contributed by atoms with Crippen molar-refractivity contribution in [1.29, 1.82) is 0 Å². The second kappa shape index (κ2) is 10.9. The number of nitrogens with zero attached hydrogens (tertiary/aromatic N) is 2. The van der Waals surface area contributed by atoms with Gasteiger partial charge in [-0.2, -0.15) is 10.1 Å². The Labute approximate surface area is 190 Å². The zero-order chi connectivity index (χ0) is 24.0. The first-order valence-electron chi connectivity index (χ1n) is 10.2. The first kappa shape index (κ1) is 24.9. The molecule has 1 aliphatic rings. The molecular weight excluding hydrogens is 455 g/mol. The second-order valence-corrected chi connectivity index (χ2v) is 9.12. The summed E-state index contributed by atoms with van der Waals surface area (Å²) in [5.41, 5.74) is 4.90. The van der Waals surface area contributed by atoms with E-state index in [2.05, 4.69) is 10.1 Å². The lowest BCUT2D eigenvalue weighted by Gasteiger charge is -2.24. The van der Waals surface area contributed by atoms with Gasteiger partial charge in [0, 0.05) is 6.20 Å². The first-order valence-corrected chi connectivity index (χ1v) is 11.8. The summed E-state index contributed by atoms with van der Waals surface area (Å²) in [6, 6.07) is 8.81. The number of carbonyl (C=O) groups excluding carboxylic acids is 1. The number of hydrogen-bond donors (Lipinski definition) is 2. The molecule has 1 aromatic carbocycles. The third-order valence-electron chi connectivity index (χ3n) is 4.30. The molecule has 0 spiro atoms. The van der Waals surface area contributed by atoms with Gasteiger partial charge in [-0.25, -0.2) is 9.36 Å². The Hall–Kier alpha value is -2.76. The van der Waals surface area contributed by atoms with Crippen LogP contribution in [0.4, 0.5) is 5.82 Å². The Morgan fingerprint density at radius 1 is 1.30 bits per heavy atom. The van der Waals surface area contributed by atoms with Gasteiger partial charge in [-0.15, -0.1) is 0 Å². The van der Waals surface area contributed by atoms with Crippen LogP contribution in [0.15, 0.2) is 47.4 Å². The van der Waals surface area contributed by atoms with Crippen molar-refractivity contribution in [3.63, 3.8) is 0 Å². The van der Waals surface area contributed by atoms with E-state index in [4.69, 9.17) is 29.0 Å². The monoisotopic (exact) mass is 482 g/mol. The quantitative estimate of drug-likeness (QED) is 0.377. The summed E-state index contributed by atoms with van der Waals surface area (Å²) in [6.45, 7) is 4.61. The van der Waals surface area contributed by atoms with Crippen LogP contribution in [0.1, 0.15) is 27.0 Å². The van der Waals surface area contributed by atoms with E-state index in [1.54, 1.807) is 44.2 Å². The number of nitrogens with one attached hydrogen (secondary N) is 1. The maximum atomic E-state index is 13.4. The van der Waals surface area contributed by atoms with Crippen molar-refractivity contribution in [2.45, 2.75) is 45.4 Å². The molecular formula is C20H27N4O8P. The molecule has 4 atom stereocenters. The van der Waals surface area contributed by atoms with Crippen molar-refractivity contribution >= 4 is 19.5 Å². The Morgan fingerprint density at radius 2 is 2.03 bits per heavy atom. The van der Waals surface area contributed by atoms with Crippen molar-refractivity contribution in [3.05, 3.63) is 53.1 Å². The van der Waals surface area contributed by atoms with Crippen molar-refractivity contribution in [2.24, 2.45) is 0 Å². The number of nitrogen functional groups attached to an aromatic ring is 1. The van der Waals surface area contributed by atoms with Crippen LogP contribution in [-0.4, -0.2) is 47.2 Å². The number of carbonyl (C=O) groups is 1. The van der Waals surface area contributed by atoms with Gasteiger partial charge in [-0.1, -0.05) is 18.2 Å². The lowest BCUT2D eigenvalue weighted by Crippen LogP contribution is -2.36. The highest BCUT2D eigenvalue weighted by Crippen LogP contribution is 2.45. The summed E-state index contributed by atoms with van der Waals surface area (Å²) in [5, 5.41) is 2.58. The molecule has 1 aromatic heterocycles. The normalized spacial score (nSPS) is 20.8. The molecule has 1 fully saturated rings. The van der Waals surface area contributed by atoms with E-state index in [0.29, 0.717) is 0 Å². The number of benzene rings is 1. The highest BCUT2D eigenvalue weighted by atomic mass is 31.2. The third-order valence-corrected chi connectivity index (χ3v) is 5.95. The molecule has 0 bridgehead atoms. The van der Waals surface area contributed by atoms with Crippen LogP contribution in [-0.2, 0) is 28.1 Å². The zero-order valence-corrected chi connectivity index (χ0v) is 19.3. The summed E-state index contributed by atoms with van der Waals surface area (Å²) < 4.78 is 42.0. The lowest BCUT2D eigenvalue weighted by molar-refractivity contribution is -0.149. The molecule has 0 aliphatic carbocycles. The predicted octanol–water partition coefficient (Wildman–Crippen LogP) is 1.83. The second-order valence-electron chi connectivity index (χ2n) is 7.43. The molecule has 2 unspecified atom stereocenters. The zero-order valence-electron chi connectivity index (χ0n) is 18.5. The van der Waals surface area contributed by atoms with Crippen LogP contribution >= 0.6 is 7.75 Å². The standard InChI is InChI=1S/C20H27N4O8P/c1-13(2)30-19(25)14(3)23-33(27,32-15-7-5-4-6-8-15)29-12-18-28-11-17(31-18)24-10-9-16(21)22-20(24)26/h4-10,13-14,17-18H,11-12H2,1-3H3,(H,23,27)(H2,21,22,26)/t14?,17-,18-,33?/m0/s1. The number of nitrogens with two attached hydrogens (primary N) is 1. The van der Waals surface area contributed by atoms with E-state index in [0.717, 1.165) is 0 Å². The van der Waals surface area contributed by atoms with E-state index in [-0.39, 0.29) is 30.9 Å². The molecule has 3 rings (SSSR count). The fraction of sp³-hybridized carbons (Fsp3) is 0.450. The Kier molecular flexibility index (Phi) is 8.22. The molecule has 1 aliphatic heterocycles. The smallest absolute Gasteiger partial charge is 0.459 e. The average molecular weight is 482 g/mol. The maximum absolute atomic E-state index is 13.4. The summed E-state index contributed by atoms with van der Waals surface area (Å²) in [6.07, 6.45) is -0.622. The number of rotatable bonds is 10. The molecule has 33 heavy (non-hydrogen) atoms. The van der Waals surface area contributed by atoms with E-state index in [9.17, 15) is 14.2 Å². The summed E-state index contributed by atoms with van der Waals surface area (Å²) >= 11 is 0. The Morgan fingerprint density at radius 3 is 2.70 bits per heavy atom. The molecule has 2 heterocycles. The predicted molar refractivity (Wildman–Crippen MR) is 117 cm³/mol. The minimum Gasteiger partial charge on any atom is -0.462 e. The van der Waals surface area contributed by atoms with Gasteiger partial charge in [0.2, 0.25) is 0 Å². The SMILES string of the molecule is CC(C)OC(=O)C(C)NP(=O)(OC[C@H]1OC[C@@H](n2ccc(N)nc2=O)O1)Oc1ccccc1. The van der Waals surface area contributed by atoms with Gasteiger partial charge in [0.15, 0.2) is 12.5 Å². The number of aromatic nitrogens is 2. The maximum Gasteiger partial charge on any atom is 0.459 e. The molecule has 180 valence electrons. The van der Waals surface area contributed by atoms with Crippen LogP contribution in [0.2, 0.25) is 0 Å². The van der Waals surface area contributed by atoms with Crippen molar-refractivity contribution in [2.75, 3.05) is 18.9 Å². The molecule has 0 saturated carbocycles. The molecule has 1 saturated heterocycles. The van der Waals surface area contributed by atoms with Gasteiger partial charge in [0.05, 0.1) is 12.7 Å². The number of hydrogen-bond acceptors (Lipinski definition) is 10. The van der Waals surface area contributed by atoms with Crippen LogP contribution in [0.3, 0.4) is 0 Å². The molecule has 12 nitrogen and oxygen atoms in total. The van der Waals surface area contributed by atoms with Gasteiger partial charge in [-0.05, 0) is 39.0 Å². The van der Waals surface area contributed by atoms with Gasteiger partial charge >= 0.3 is 19.4 Å². The molecule has 2 aromatic rings. The topological polar surface area (TPSA) is 153 Å². The molecule has 0 radical (unpaired) electrons. The fourth-order valence-corrected chi connectivity index (χ4v) is 4.29. The first-order chi connectivity index (χ1) is 15.6. The Balaban J connectivity index is 1.66. The van der Waals surface area contributed by atoms with Crippen LogP contribution in [0, 0.1) is 0 Å². The minimum absolute atomic E-state index is 0.0356. The highest BCUT2D eigenvalue weighted by Gasteiger charge is 2.36. The molecule has 3 N–H and O–H groups in total. The van der Waals surface area contributed by atoms with Crippen LogP contribution in [0.5, 0.6) is 5.75 Å². The lowest BCUT2D eigenvalue weighted by atomic mass is 10.3. The van der Waals surface area contributed by atoms with Crippen molar-refractivity contribution in [1.82, 2.24) is 14.6 Å². The van der Waals surface area contributed by atoms with Crippen molar-refractivity contribution in [3.8, 4) is 5.75 Å². The van der Waals surface area contributed by atoms with Gasteiger partial charge in [0.25, 0.3) is 0 Å². The van der Waals surface area contributed by atoms with Gasteiger partial charge in [-0.3, -0.25) is 13.9 Å². The highest BCUT2D eigenvalue weighted by molar-refractivity contribution is 7.52. The van der Waals surface area contributed by atoms with E-state index < -0.39 is 38.0 Å². The average Bonchev–Trinajstić information content (AvgIpc) is 3.21. The van der Waals surface area contributed by atoms with E-state index in [1.807, 2.05) is 0 Å². The third kappa shape index (κ3) is 7.11. The number of anilines is 1. The van der Waals surface area contributed by atoms with E-state index >= 15 is 0 Å². The summed E-state index contributed by atoms with van der Waals surface area (Å²) in [5.74, 6) is -0.261. The number of esters is 1. The van der Waals surface area contributed by atoms with Crippen LogP contribution < -0.4 is 21.0 Å². The van der Waals surface area contributed by atoms with Crippen LogP contribution in [0.25, 0.3) is 0 Å². The summed E-state index contributed by atoms with van der Waals surface area (Å²) in [7, 11) is -4.06. The Bertz CT molecular complexity index is 1050. The largest absolute Gasteiger partial charge is 0.462 e. The van der Waals surface area contributed by atoms with Gasteiger partial charge < -0.3 is 24.5 Å². The molecule has 13 heteroatoms. The van der Waals surface area contributed by atoms with E-state index in [1.165, 1.54) is 23.8 Å². The van der Waals surface area contributed by atoms with Crippen molar-refractivity contribution < 1.29 is 32.6 Å². The van der Waals surface area contributed by atoms with Gasteiger partial charge in [0.1, 0.15) is 24.2 Å². The number of para-hydroxylation sites is 1. The fourth-order valence-electron chi connectivity index (χ4n) is 2.82. The minimum atomic E-state index is -4.06. The summed E-state index contributed by atoms with van der Waals surface area (Å²) in [4.78, 5) is 27.8.